The third-order valence-corrected chi connectivity index (χ3v) is 1.81. The van der Waals surface area contributed by atoms with Crippen LogP contribution in [0.1, 0.15) is 17.9 Å². The highest BCUT2D eigenvalue weighted by Crippen LogP contribution is 2.38. The summed E-state index contributed by atoms with van der Waals surface area (Å²) in [6, 6.07) is 2.37. The Bertz CT molecular complexity index is 193. The van der Waals surface area contributed by atoms with Crippen LogP contribution in [-0.4, -0.2) is 6.04 Å². The summed E-state index contributed by atoms with van der Waals surface area (Å²) in [5.41, 5.74) is 6.87. The Morgan fingerprint density at radius 3 is 2.89 bits per heavy atom. The summed E-state index contributed by atoms with van der Waals surface area (Å²) < 4.78 is 4.91. The highest BCUT2D eigenvalue weighted by Gasteiger charge is 2.35. The lowest BCUT2D eigenvalue weighted by molar-refractivity contribution is 0.564. The van der Waals surface area contributed by atoms with Crippen molar-refractivity contribution in [2.45, 2.75) is 18.4 Å². The molecule has 0 aromatic carbocycles. The summed E-state index contributed by atoms with van der Waals surface area (Å²) in [5, 5.41) is 0. The van der Waals surface area contributed by atoms with Crippen LogP contribution in [-0.2, 0) is 0 Å². The fourth-order valence-electron chi connectivity index (χ4n) is 1.08. The average molecular weight is 123 g/mol. The Morgan fingerprint density at radius 2 is 2.44 bits per heavy atom. The van der Waals surface area contributed by atoms with E-state index in [2.05, 4.69) is 0 Å². The lowest BCUT2D eigenvalue weighted by atomic mass is 10.2. The van der Waals surface area contributed by atoms with Crippen molar-refractivity contribution in [1.29, 1.82) is 0 Å². The van der Waals surface area contributed by atoms with Crippen LogP contribution < -0.4 is 5.73 Å². The van der Waals surface area contributed by atoms with Gasteiger partial charge in [0.25, 0.3) is 0 Å². The summed E-state index contributed by atoms with van der Waals surface area (Å²) >= 11 is 0. The highest BCUT2D eigenvalue weighted by molar-refractivity contribution is 5.22. The molecule has 0 amide bonds. The number of rotatable bonds is 1. The van der Waals surface area contributed by atoms with Crippen molar-refractivity contribution in [3.8, 4) is 0 Å². The van der Waals surface area contributed by atoms with Gasteiger partial charge in [-0.15, -0.1) is 0 Å². The van der Waals surface area contributed by atoms with Gasteiger partial charge >= 0.3 is 0 Å². The van der Waals surface area contributed by atoms with Crippen LogP contribution in [0.25, 0.3) is 0 Å². The lowest BCUT2D eigenvalue weighted by Gasteiger charge is -1.85. The monoisotopic (exact) mass is 123 g/mol. The molecule has 1 saturated carbocycles. The molecule has 48 valence electrons. The van der Waals surface area contributed by atoms with E-state index in [0.717, 1.165) is 6.42 Å². The Hall–Kier alpha value is -0.760. The molecule has 9 heavy (non-hydrogen) atoms. The summed E-state index contributed by atoms with van der Waals surface area (Å²) in [5.74, 6) is 0.587. The second kappa shape index (κ2) is 1.61. The molecule has 1 aliphatic rings. The quantitative estimate of drug-likeness (QED) is 0.607. The predicted octanol–water partition coefficient (Wildman–Crippen LogP) is 1.09. The average Bonchev–Trinajstić information content (AvgIpc) is 2.44. The van der Waals surface area contributed by atoms with E-state index in [0.29, 0.717) is 12.0 Å². The molecule has 0 spiro atoms. The normalized spacial score (nSPS) is 32.6. The second-order valence-electron chi connectivity index (χ2n) is 2.56. The van der Waals surface area contributed by atoms with E-state index in [1.165, 1.54) is 5.56 Å². The molecule has 2 N–H and O–H groups in total. The van der Waals surface area contributed by atoms with Gasteiger partial charge in [-0.3, -0.25) is 0 Å². The van der Waals surface area contributed by atoms with Gasteiger partial charge in [0.05, 0.1) is 12.5 Å². The third kappa shape index (κ3) is 0.754. The van der Waals surface area contributed by atoms with Crippen molar-refractivity contribution in [3.05, 3.63) is 24.2 Å². The van der Waals surface area contributed by atoms with Gasteiger partial charge in [-0.25, -0.2) is 0 Å². The minimum Gasteiger partial charge on any atom is -0.472 e. The molecule has 2 rings (SSSR count). The summed E-state index contributed by atoms with van der Waals surface area (Å²) in [4.78, 5) is 0. The Kier molecular flexibility index (Phi) is 0.904. The van der Waals surface area contributed by atoms with Crippen LogP contribution in [0, 0.1) is 0 Å². The molecular formula is C7H9NO. The third-order valence-electron chi connectivity index (χ3n) is 1.81. The fraction of sp³-hybridized carbons (Fsp3) is 0.429. The van der Waals surface area contributed by atoms with Gasteiger partial charge in [-0.05, 0) is 18.1 Å². The van der Waals surface area contributed by atoms with E-state index < -0.39 is 0 Å². The molecule has 0 aliphatic heterocycles. The molecule has 2 nitrogen and oxygen atoms in total. The summed E-state index contributed by atoms with van der Waals surface area (Å²) in [6.45, 7) is 0. The molecule has 1 heterocycles. The van der Waals surface area contributed by atoms with Gasteiger partial charge in [0.15, 0.2) is 0 Å². The predicted molar refractivity (Wildman–Crippen MR) is 34.0 cm³/mol. The Balaban J connectivity index is 2.18. The Morgan fingerprint density at radius 1 is 1.67 bits per heavy atom. The smallest absolute Gasteiger partial charge is 0.0937 e. The first kappa shape index (κ1) is 5.06. The van der Waals surface area contributed by atoms with Crippen LogP contribution in [0.3, 0.4) is 0 Å². The van der Waals surface area contributed by atoms with Crippen molar-refractivity contribution in [2.75, 3.05) is 0 Å². The minimum atomic E-state index is 0.391. The first-order chi connectivity index (χ1) is 4.38. The van der Waals surface area contributed by atoms with Crippen molar-refractivity contribution >= 4 is 0 Å². The van der Waals surface area contributed by atoms with Crippen molar-refractivity contribution in [3.63, 3.8) is 0 Å². The van der Waals surface area contributed by atoms with Gasteiger partial charge in [0.2, 0.25) is 0 Å². The summed E-state index contributed by atoms with van der Waals surface area (Å²) in [7, 11) is 0. The molecule has 0 unspecified atom stereocenters. The molecule has 0 saturated heterocycles. The topological polar surface area (TPSA) is 39.2 Å². The molecular weight excluding hydrogens is 114 g/mol. The van der Waals surface area contributed by atoms with Gasteiger partial charge in [0.1, 0.15) is 0 Å². The van der Waals surface area contributed by atoms with Gasteiger partial charge < -0.3 is 10.2 Å². The maximum absolute atomic E-state index is 5.62. The number of hydrogen-bond acceptors (Lipinski definition) is 2. The number of nitrogens with two attached hydrogens (primary N) is 1. The van der Waals surface area contributed by atoms with Crippen LogP contribution in [0.5, 0.6) is 0 Å². The van der Waals surface area contributed by atoms with Crippen LogP contribution in [0.15, 0.2) is 23.0 Å². The number of hydrogen-bond donors (Lipinski definition) is 1. The van der Waals surface area contributed by atoms with Crippen LogP contribution in [0.4, 0.5) is 0 Å². The van der Waals surface area contributed by atoms with E-state index in [1.807, 2.05) is 6.07 Å². The van der Waals surface area contributed by atoms with Crippen LogP contribution >= 0.6 is 0 Å². The minimum absolute atomic E-state index is 0.391. The van der Waals surface area contributed by atoms with E-state index in [-0.39, 0.29) is 0 Å². The molecule has 0 radical (unpaired) electrons. The maximum atomic E-state index is 5.62. The van der Waals surface area contributed by atoms with E-state index in [4.69, 9.17) is 10.2 Å². The van der Waals surface area contributed by atoms with Crippen molar-refractivity contribution in [1.82, 2.24) is 0 Å². The van der Waals surface area contributed by atoms with Crippen molar-refractivity contribution < 1.29 is 4.42 Å². The largest absolute Gasteiger partial charge is 0.472 e. The SMILES string of the molecule is N[C@@H]1C[C@H]1c1ccoc1. The van der Waals surface area contributed by atoms with E-state index >= 15 is 0 Å². The molecule has 1 fully saturated rings. The van der Waals surface area contributed by atoms with Gasteiger partial charge in [-0.1, -0.05) is 0 Å². The summed E-state index contributed by atoms with van der Waals surface area (Å²) in [6.07, 6.45) is 4.59. The van der Waals surface area contributed by atoms with Gasteiger partial charge in [0, 0.05) is 12.0 Å². The zero-order valence-corrected chi connectivity index (χ0v) is 5.08. The Labute approximate surface area is 53.7 Å². The highest BCUT2D eigenvalue weighted by atomic mass is 16.3. The molecule has 1 aromatic heterocycles. The molecule has 2 atom stereocenters. The van der Waals surface area contributed by atoms with Crippen molar-refractivity contribution in [2.24, 2.45) is 5.73 Å². The molecule has 1 aliphatic carbocycles. The zero-order chi connectivity index (χ0) is 6.27. The molecule has 0 bridgehead atoms. The fourth-order valence-corrected chi connectivity index (χ4v) is 1.08. The standard InChI is InChI=1S/C7H9NO/c8-7-3-6(7)5-1-2-9-4-5/h1-2,4,6-7H,3,8H2/t6-,7+/m0/s1. The van der Waals surface area contributed by atoms with Gasteiger partial charge in [-0.2, -0.15) is 0 Å². The first-order valence-corrected chi connectivity index (χ1v) is 3.15. The van der Waals surface area contributed by atoms with Crippen LogP contribution in [0.2, 0.25) is 0 Å². The maximum Gasteiger partial charge on any atom is 0.0937 e. The lowest BCUT2D eigenvalue weighted by Crippen LogP contribution is -1.99. The second-order valence-corrected chi connectivity index (χ2v) is 2.56. The van der Waals surface area contributed by atoms with E-state index in [1.54, 1.807) is 12.5 Å². The first-order valence-electron chi connectivity index (χ1n) is 3.15. The molecule has 2 heteroatoms. The molecule has 1 aromatic rings. The van der Waals surface area contributed by atoms with E-state index in [9.17, 15) is 0 Å². The number of furan rings is 1. The zero-order valence-electron chi connectivity index (χ0n) is 5.08.